The average molecular weight is 296 g/mol. The number of imidazole rings is 1. The minimum atomic E-state index is 0.699. The molecule has 0 aliphatic heterocycles. The summed E-state index contributed by atoms with van der Waals surface area (Å²) in [5.74, 6) is 2.07. The summed E-state index contributed by atoms with van der Waals surface area (Å²) in [6.45, 7) is 5.56. The van der Waals surface area contributed by atoms with Crippen LogP contribution in [-0.4, -0.2) is 11.6 Å². The van der Waals surface area contributed by atoms with Crippen molar-refractivity contribution in [2.75, 3.05) is 11.9 Å². The Morgan fingerprint density at radius 1 is 1.14 bits per heavy atom. The van der Waals surface area contributed by atoms with Crippen molar-refractivity contribution in [3.63, 3.8) is 0 Å². The molecule has 0 radical (unpaired) electrons. The predicted molar refractivity (Wildman–Crippen MR) is 89.1 cm³/mol. The van der Waals surface area contributed by atoms with E-state index in [2.05, 4.69) is 59.2 Å². The van der Waals surface area contributed by atoms with Gasteiger partial charge in [-0.05, 0) is 36.8 Å². The van der Waals surface area contributed by atoms with Gasteiger partial charge < -0.3 is 10.1 Å². The Hall–Kier alpha value is -2.49. The van der Waals surface area contributed by atoms with Gasteiger partial charge in [-0.2, -0.15) is 0 Å². The highest BCUT2D eigenvalue weighted by molar-refractivity contribution is 5.76. The van der Waals surface area contributed by atoms with E-state index in [0.717, 1.165) is 29.3 Å². The van der Waals surface area contributed by atoms with Gasteiger partial charge in [0.25, 0.3) is 5.82 Å². The van der Waals surface area contributed by atoms with Gasteiger partial charge in [0, 0.05) is 25.2 Å². The molecule has 4 heteroatoms. The van der Waals surface area contributed by atoms with Gasteiger partial charge >= 0.3 is 0 Å². The number of aromatic nitrogens is 2. The lowest BCUT2D eigenvalue weighted by molar-refractivity contribution is -0.651. The lowest BCUT2D eigenvalue weighted by Crippen LogP contribution is -2.29. The molecule has 4 nitrogen and oxygen atoms in total. The minimum absolute atomic E-state index is 0.699. The first kappa shape index (κ1) is 14.4. The van der Waals surface area contributed by atoms with Gasteiger partial charge in [0.15, 0.2) is 11.0 Å². The Kier molecular flexibility index (Phi) is 4.00. The zero-order valence-corrected chi connectivity index (χ0v) is 13.3. The summed E-state index contributed by atoms with van der Waals surface area (Å²) in [5.41, 5.74) is 4.71. The highest BCUT2D eigenvalue weighted by Gasteiger charge is 2.11. The maximum absolute atomic E-state index is 5.46. The Balaban J connectivity index is 1.70. The van der Waals surface area contributed by atoms with Crippen molar-refractivity contribution < 1.29 is 9.30 Å². The third-order valence-electron chi connectivity index (χ3n) is 3.91. The number of aromatic amines is 1. The molecular weight excluding hydrogens is 274 g/mol. The smallest absolute Gasteiger partial charge is 0.251 e. The highest BCUT2D eigenvalue weighted by atomic mass is 16.5. The summed E-state index contributed by atoms with van der Waals surface area (Å²) in [7, 11) is 2.07. The molecule has 3 rings (SSSR count). The summed E-state index contributed by atoms with van der Waals surface area (Å²) in [5, 5.41) is 3.46. The van der Waals surface area contributed by atoms with Crippen LogP contribution in [0.25, 0.3) is 11.0 Å². The number of nitrogens with one attached hydrogen (secondary N) is 2. The molecular formula is C18H22N3O+. The molecule has 0 saturated heterocycles. The van der Waals surface area contributed by atoms with Crippen LogP contribution in [0, 0.1) is 6.92 Å². The molecule has 2 N–H and O–H groups in total. The number of ether oxygens (including phenoxy) is 1. The molecule has 0 spiro atoms. The number of aryl methyl sites for hydroxylation is 2. The molecule has 0 fully saturated rings. The van der Waals surface area contributed by atoms with Crippen molar-refractivity contribution in [3.8, 4) is 5.75 Å². The van der Waals surface area contributed by atoms with Crippen LogP contribution in [0.15, 0.2) is 42.5 Å². The van der Waals surface area contributed by atoms with Gasteiger partial charge in [0.2, 0.25) is 0 Å². The summed E-state index contributed by atoms with van der Waals surface area (Å²) < 4.78 is 7.62. The van der Waals surface area contributed by atoms with Crippen LogP contribution in [-0.2, 0) is 13.6 Å². The number of fused-ring (bicyclic) bond motifs is 1. The third kappa shape index (κ3) is 2.91. The Bertz CT molecular complexity index is 775. The van der Waals surface area contributed by atoms with E-state index in [0.29, 0.717) is 6.61 Å². The summed E-state index contributed by atoms with van der Waals surface area (Å²) in [6, 6.07) is 14.6. The van der Waals surface area contributed by atoms with E-state index in [1.165, 1.54) is 11.1 Å². The van der Waals surface area contributed by atoms with Gasteiger partial charge in [0.1, 0.15) is 5.75 Å². The number of benzene rings is 2. The van der Waals surface area contributed by atoms with Crippen LogP contribution in [0.5, 0.6) is 5.75 Å². The Morgan fingerprint density at radius 3 is 2.64 bits per heavy atom. The number of hydrogen-bond donors (Lipinski definition) is 2. The second-order valence-corrected chi connectivity index (χ2v) is 5.43. The molecule has 3 aromatic rings. The zero-order chi connectivity index (χ0) is 15.5. The van der Waals surface area contributed by atoms with Crippen LogP contribution in [0.2, 0.25) is 0 Å². The first-order chi connectivity index (χ1) is 10.7. The third-order valence-corrected chi connectivity index (χ3v) is 3.91. The number of nitrogens with zero attached hydrogens (tertiary/aromatic N) is 1. The van der Waals surface area contributed by atoms with E-state index in [1.807, 2.05) is 19.1 Å². The van der Waals surface area contributed by atoms with Crippen molar-refractivity contribution >= 4 is 16.7 Å². The zero-order valence-electron chi connectivity index (χ0n) is 13.3. The van der Waals surface area contributed by atoms with E-state index in [9.17, 15) is 0 Å². The quantitative estimate of drug-likeness (QED) is 0.709. The molecule has 0 atom stereocenters. The van der Waals surface area contributed by atoms with E-state index in [4.69, 9.17) is 4.74 Å². The van der Waals surface area contributed by atoms with Gasteiger partial charge in [-0.15, -0.1) is 0 Å². The topological polar surface area (TPSA) is 40.9 Å². The number of H-pyrrole nitrogens is 1. The van der Waals surface area contributed by atoms with E-state index >= 15 is 0 Å². The highest BCUT2D eigenvalue weighted by Crippen LogP contribution is 2.18. The Labute approximate surface area is 130 Å². The van der Waals surface area contributed by atoms with Crippen LogP contribution in [0.4, 0.5) is 5.69 Å². The van der Waals surface area contributed by atoms with Crippen molar-refractivity contribution in [3.05, 3.63) is 53.9 Å². The second kappa shape index (κ2) is 6.10. The molecule has 0 unspecified atom stereocenters. The fraction of sp³-hybridized carbons (Fsp3) is 0.278. The number of anilines is 1. The molecule has 0 amide bonds. The largest absolute Gasteiger partial charge is 0.494 e. The average Bonchev–Trinajstić information content (AvgIpc) is 2.81. The van der Waals surface area contributed by atoms with Crippen molar-refractivity contribution in [1.29, 1.82) is 0 Å². The van der Waals surface area contributed by atoms with E-state index < -0.39 is 0 Å². The molecule has 1 heterocycles. The molecule has 1 aromatic heterocycles. The molecule has 0 aliphatic carbocycles. The van der Waals surface area contributed by atoms with Crippen molar-refractivity contribution in [1.82, 2.24) is 4.98 Å². The lowest BCUT2D eigenvalue weighted by Gasteiger charge is -2.07. The van der Waals surface area contributed by atoms with Crippen LogP contribution < -0.4 is 14.6 Å². The first-order valence-electron chi connectivity index (χ1n) is 7.61. The van der Waals surface area contributed by atoms with Gasteiger partial charge in [0.05, 0.1) is 13.7 Å². The molecule has 114 valence electrons. The fourth-order valence-electron chi connectivity index (χ4n) is 2.57. The minimum Gasteiger partial charge on any atom is -0.494 e. The van der Waals surface area contributed by atoms with E-state index in [-0.39, 0.29) is 0 Å². The molecule has 0 bridgehead atoms. The van der Waals surface area contributed by atoms with Crippen LogP contribution >= 0.6 is 0 Å². The number of rotatable bonds is 5. The van der Waals surface area contributed by atoms with Gasteiger partial charge in [-0.1, -0.05) is 12.1 Å². The van der Waals surface area contributed by atoms with Crippen molar-refractivity contribution in [2.24, 2.45) is 7.05 Å². The number of hydrogen-bond acceptors (Lipinski definition) is 2. The maximum atomic E-state index is 5.46. The normalized spacial score (nSPS) is 10.9. The van der Waals surface area contributed by atoms with Crippen LogP contribution in [0.1, 0.15) is 18.3 Å². The van der Waals surface area contributed by atoms with Crippen molar-refractivity contribution in [2.45, 2.75) is 20.4 Å². The van der Waals surface area contributed by atoms with Gasteiger partial charge in [-0.3, -0.25) is 0 Å². The fourth-order valence-corrected chi connectivity index (χ4v) is 2.57. The molecule has 2 aromatic carbocycles. The molecule has 0 aliphatic rings. The molecule has 0 saturated carbocycles. The SMILES string of the molecule is CCOc1ccc(CNc2ccc3c(c2)[nH]c(C)[n+]3C)cc1. The van der Waals surface area contributed by atoms with Crippen LogP contribution in [0.3, 0.4) is 0 Å². The van der Waals surface area contributed by atoms with Gasteiger partial charge in [-0.25, -0.2) is 9.55 Å². The first-order valence-corrected chi connectivity index (χ1v) is 7.61. The summed E-state index contributed by atoms with van der Waals surface area (Å²) in [6.07, 6.45) is 0. The monoisotopic (exact) mass is 296 g/mol. The lowest BCUT2D eigenvalue weighted by atomic mass is 10.2. The maximum Gasteiger partial charge on any atom is 0.251 e. The Morgan fingerprint density at radius 2 is 1.91 bits per heavy atom. The van der Waals surface area contributed by atoms with E-state index in [1.54, 1.807) is 0 Å². The second-order valence-electron chi connectivity index (χ2n) is 5.43. The standard InChI is InChI=1S/C18H21N3O/c1-4-22-16-8-5-14(6-9-16)12-19-15-7-10-18-17(11-15)20-13(2)21(18)3/h5-11,19H,4,12H2,1-3H3/p+1. The summed E-state index contributed by atoms with van der Waals surface area (Å²) in [4.78, 5) is 3.39. The summed E-state index contributed by atoms with van der Waals surface area (Å²) >= 11 is 0. The molecule has 22 heavy (non-hydrogen) atoms. The predicted octanol–water partition coefficient (Wildman–Crippen LogP) is 3.31.